The van der Waals surface area contributed by atoms with Crippen LogP contribution >= 0.6 is 31.9 Å². The van der Waals surface area contributed by atoms with E-state index in [1.807, 2.05) is 12.1 Å². The Kier molecular flexibility index (Phi) is 2.48. The summed E-state index contributed by atoms with van der Waals surface area (Å²) in [5.41, 5.74) is 2.29. The van der Waals surface area contributed by atoms with Gasteiger partial charge in [0.1, 0.15) is 0 Å². The van der Waals surface area contributed by atoms with Crippen molar-refractivity contribution in [2.24, 2.45) is 0 Å². The van der Waals surface area contributed by atoms with Gasteiger partial charge in [-0.2, -0.15) is 0 Å². The van der Waals surface area contributed by atoms with Crippen molar-refractivity contribution in [1.82, 2.24) is 0 Å². The average molecular weight is 357 g/mol. The molecular weight excluding hydrogens is 350 g/mol. The number of benzene rings is 2. The van der Waals surface area contributed by atoms with Crippen LogP contribution < -0.4 is 0 Å². The monoisotopic (exact) mass is 355 g/mol. The number of hydrogen-bond acceptors (Lipinski definition) is 2. The number of halogens is 2. The summed E-state index contributed by atoms with van der Waals surface area (Å²) in [7, 11) is 0. The van der Waals surface area contributed by atoms with Crippen LogP contribution in [-0.4, -0.2) is 4.92 Å². The van der Waals surface area contributed by atoms with Crippen molar-refractivity contribution in [1.29, 1.82) is 0 Å². The minimum atomic E-state index is -0.296. The van der Waals surface area contributed by atoms with Crippen LogP contribution in [0.2, 0.25) is 0 Å². The Morgan fingerprint density at radius 3 is 2.59 bits per heavy atom. The standard InChI is InChI=1S/C12H7Br2NO2/c13-8-4-2-6-1-3-7-10(15(16)17)5-9(14)12(8)11(6)7/h2,4-5H,1,3H2. The molecule has 0 saturated heterocycles. The SMILES string of the molecule is O=[N+]([O-])c1cc(Br)c2c(Br)ccc3c2c1CC3. The van der Waals surface area contributed by atoms with Gasteiger partial charge in [-0.25, -0.2) is 0 Å². The Hall–Kier alpha value is -0.940. The third-order valence-corrected chi connectivity index (χ3v) is 4.48. The highest BCUT2D eigenvalue weighted by atomic mass is 79.9. The fourth-order valence-electron chi connectivity index (χ4n) is 2.49. The van der Waals surface area contributed by atoms with Crippen LogP contribution in [0, 0.1) is 10.1 Å². The van der Waals surface area contributed by atoms with Crippen LogP contribution in [0.1, 0.15) is 11.1 Å². The first-order valence-electron chi connectivity index (χ1n) is 5.16. The van der Waals surface area contributed by atoms with Gasteiger partial charge < -0.3 is 0 Å². The third kappa shape index (κ3) is 1.52. The summed E-state index contributed by atoms with van der Waals surface area (Å²) < 4.78 is 1.75. The van der Waals surface area contributed by atoms with Crippen molar-refractivity contribution in [3.63, 3.8) is 0 Å². The Labute approximate surface area is 114 Å². The largest absolute Gasteiger partial charge is 0.274 e. The molecule has 1 aliphatic carbocycles. The van der Waals surface area contributed by atoms with Gasteiger partial charge in [-0.1, -0.05) is 22.0 Å². The first-order valence-corrected chi connectivity index (χ1v) is 6.75. The second-order valence-electron chi connectivity index (χ2n) is 4.07. The highest BCUT2D eigenvalue weighted by Crippen LogP contribution is 2.43. The summed E-state index contributed by atoms with van der Waals surface area (Å²) in [6.45, 7) is 0. The number of nitrogens with zero attached hydrogens (tertiary/aromatic N) is 1. The minimum absolute atomic E-state index is 0.223. The number of nitro benzene ring substituents is 1. The Bertz CT molecular complexity index is 667. The zero-order valence-corrected chi connectivity index (χ0v) is 11.8. The number of aryl methyl sites for hydroxylation is 2. The molecule has 0 N–H and O–H groups in total. The molecule has 0 fully saturated rings. The predicted octanol–water partition coefficient (Wildman–Crippen LogP) is 4.37. The van der Waals surface area contributed by atoms with Crippen LogP contribution in [0.5, 0.6) is 0 Å². The summed E-state index contributed by atoms with van der Waals surface area (Å²) >= 11 is 6.93. The predicted molar refractivity (Wildman–Crippen MR) is 73.4 cm³/mol. The van der Waals surface area contributed by atoms with E-state index in [4.69, 9.17) is 0 Å². The molecule has 5 heteroatoms. The van der Waals surface area contributed by atoms with Gasteiger partial charge in [0.15, 0.2) is 0 Å². The Morgan fingerprint density at radius 1 is 1.12 bits per heavy atom. The fraction of sp³-hybridized carbons (Fsp3) is 0.167. The highest BCUT2D eigenvalue weighted by Gasteiger charge is 2.26. The van der Waals surface area contributed by atoms with Gasteiger partial charge in [0.25, 0.3) is 5.69 Å². The molecule has 0 amide bonds. The first kappa shape index (κ1) is 11.2. The van der Waals surface area contributed by atoms with E-state index in [0.29, 0.717) is 0 Å². The molecule has 17 heavy (non-hydrogen) atoms. The Morgan fingerprint density at radius 2 is 1.88 bits per heavy atom. The average Bonchev–Trinajstić information content (AvgIpc) is 2.69. The van der Waals surface area contributed by atoms with Gasteiger partial charge in [0, 0.05) is 26.0 Å². The van der Waals surface area contributed by atoms with Crippen molar-refractivity contribution >= 4 is 48.3 Å². The maximum atomic E-state index is 11.1. The molecule has 0 radical (unpaired) electrons. The van der Waals surface area contributed by atoms with E-state index in [2.05, 4.69) is 31.9 Å². The third-order valence-electron chi connectivity index (χ3n) is 3.20. The van der Waals surface area contributed by atoms with Gasteiger partial charge in [-0.05, 0) is 45.8 Å². The molecular formula is C12H7Br2NO2. The molecule has 86 valence electrons. The maximum Gasteiger partial charge on any atom is 0.274 e. The molecule has 0 spiro atoms. The quantitative estimate of drug-likeness (QED) is 0.562. The van der Waals surface area contributed by atoms with Gasteiger partial charge >= 0.3 is 0 Å². The molecule has 0 aliphatic heterocycles. The van der Waals surface area contributed by atoms with Crippen LogP contribution in [0.3, 0.4) is 0 Å². The van der Waals surface area contributed by atoms with Gasteiger partial charge in [-0.3, -0.25) is 10.1 Å². The van der Waals surface area contributed by atoms with E-state index in [9.17, 15) is 10.1 Å². The molecule has 2 aromatic rings. The van der Waals surface area contributed by atoms with E-state index >= 15 is 0 Å². The van der Waals surface area contributed by atoms with Gasteiger partial charge in [-0.15, -0.1) is 0 Å². The van der Waals surface area contributed by atoms with Crippen LogP contribution in [0.15, 0.2) is 27.1 Å². The van der Waals surface area contributed by atoms with Crippen molar-refractivity contribution in [3.05, 3.63) is 48.4 Å². The van der Waals surface area contributed by atoms with E-state index < -0.39 is 0 Å². The summed E-state index contributed by atoms with van der Waals surface area (Å²) in [6.07, 6.45) is 1.64. The summed E-state index contributed by atoms with van der Waals surface area (Å²) in [5, 5.41) is 13.1. The number of rotatable bonds is 1. The molecule has 0 heterocycles. The van der Waals surface area contributed by atoms with Crippen molar-refractivity contribution in [2.45, 2.75) is 12.8 Å². The molecule has 0 saturated carbocycles. The van der Waals surface area contributed by atoms with E-state index in [-0.39, 0.29) is 10.6 Å². The van der Waals surface area contributed by atoms with Crippen LogP contribution in [-0.2, 0) is 12.8 Å². The van der Waals surface area contributed by atoms with Crippen molar-refractivity contribution in [3.8, 4) is 0 Å². The van der Waals surface area contributed by atoms with Gasteiger partial charge in [0.05, 0.1) is 4.92 Å². The highest BCUT2D eigenvalue weighted by molar-refractivity contribution is 9.11. The molecule has 3 nitrogen and oxygen atoms in total. The lowest BCUT2D eigenvalue weighted by Gasteiger charge is -2.07. The van der Waals surface area contributed by atoms with Crippen molar-refractivity contribution < 1.29 is 4.92 Å². The second kappa shape index (κ2) is 3.78. The molecule has 2 aromatic carbocycles. The zero-order chi connectivity index (χ0) is 12.2. The lowest BCUT2D eigenvalue weighted by molar-refractivity contribution is -0.385. The second-order valence-corrected chi connectivity index (χ2v) is 5.78. The summed E-state index contributed by atoms with van der Waals surface area (Å²) in [4.78, 5) is 10.8. The fourth-order valence-corrected chi connectivity index (χ4v) is 3.93. The molecule has 0 unspecified atom stereocenters. The topological polar surface area (TPSA) is 43.1 Å². The lowest BCUT2D eigenvalue weighted by Crippen LogP contribution is -1.94. The minimum Gasteiger partial charge on any atom is -0.258 e. The molecule has 1 aliphatic rings. The summed E-state index contributed by atoms with van der Waals surface area (Å²) in [6, 6.07) is 5.65. The number of nitro groups is 1. The van der Waals surface area contributed by atoms with Gasteiger partial charge in [0.2, 0.25) is 0 Å². The molecule has 3 rings (SSSR count). The normalized spacial score (nSPS) is 13.3. The Balaban J connectivity index is 2.54. The van der Waals surface area contributed by atoms with E-state index in [1.54, 1.807) is 6.07 Å². The molecule has 0 atom stereocenters. The molecule has 0 aromatic heterocycles. The van der Waals surface area contributed by atoms with E-state index in [1.165, 1.54) is 5.56 Å². The summed E-state index contributed by atoms with van der Waals surface area (Å²) in [5.74, 6) is 0. The first-order chi connectivity index (χ1) is 8.09. The van der Waals surface area contributed by atoms with E-state index in [0.717, 1.165) is 38.1 Å². The number of hydrogen-bond donors (Lipinski definition) is 0. The van der Waals surface area contributed by atoms with Crippen LogP contribution in [0.25, 0.3) is 10.8 Å². The van der Waals surface area contributed by atoms with Crippen molar-refractivity contribution in [2.75, 3.05) is 0 Å². The maximum absolute atomic E-state index is 11.1. The smallest absolute Gasteiger partial charge is 0.258 e. The molecule has 0 bridgehead atoms. The van der Waals surface area contributed by atoms with Crippen LogP contribution in [0.4, 0.5) is 5.69 Å². The lowest BCUT2D eigenvalue weighted by atomic mass is 10.0. The zero-order valence-electron chi connectivity index (χ0n) is 8.67.